The van der Waals surface area contributed by atoms with Gasteiger partial charge in [-0.3, -0.25) is 0 Å². The molecule has 0 fully saturated rings. The molecule has 0 amide bonds. The van der Waals surface area contributed by atoms with Gasteiger partial charge in [-0.25, -0.2) is 0 Å². The van der Waals surface area contributed by atoms with Gasteiger partial charge < -0.3 is 4.79 Å². The van der Waals surface area contributed by atoms with E-state index in [9.17, 15) is 4.79 Å². The first kappa shape index (κ1) is 8.25. The molecule has 1 atom stereocenters. The number of hydrogen-bond donors (Lipinski definition) is 0. The van der Waals surface area contributed by atoms with Gasteiger partial charge in [0.25, 0.3) is 0 Å². The third-order valence-electron chi connectivity index (χ3n) is 1.96. The number of carbonyl (C=O) groups is 1. The van der Waals surface area contributed by atoms with Crippen LogP contribution in [0.3, 0.4) is 0 Å². The van der Waals surface area contributed by atoms with E-state index in [1.54, 1.807) is 0 Å². The highest BCUT2D eigenvalue weighted by atomic mass is 16.1. The van der Waals surface area contributed by atoms with Crippen LogP contribution in [0.5, 0.6) is 0 Å². The second kappa shape index (κ2) is 2.65. The monoisotopic (exact) mass is 150 g/mol. The van der Waals surface area contributed by atoms with Gasteiger partial charge in [0.1, 0.15) is 6.29 Å². The number of carbonyl (C=O) groups excluding carboxylic acids is 1. The molecule has 0 spiro atoms. The molecule has 0 N–H and O–H groups in total. The fourth-order valence-electron chi connectivity index (χ4n) is 1.73. The van der Waals surface area contributed by atoms with Crippen LogP contribution in [0.2, 0.25) is 0 Å². The van der Waals surface area contributed by atoms with Crippen molar-refractivity contribution < 1.29 is 4.79 Å². The molecule has 0 saturated carbocycles. The normalized spacial score (nSPS) is 30.8. The molecule has 0 aromatic carbocycles. The van der Waals surface area contributed by atoms with Crippen molar-refractivity contribution in [2.45, 2.75) is 27.2 Å². The summed E-state index contributed by atoms with van der Waals surface area (Å²) in [6.07, 6.45) is 6.07. The van der Waals surface area contributed by atoms with Gasteiger partial charge >= 0.3 is 0 Å². The number of hydrogen-bond acceptors (Lipinski definition) is 1. The van der Waals surface area contributed by atoms with Crippen LogP contribution >= 0.6 is 0 Å². The van der Waals surface area contributed by atoms with E-state index in [0.717, 1.165) is 12.7 Å². The Balaban J connectivity index is 2.95. The lowest BCUT2D eigenvalue weighted by Crippen LogP contribution is -2.18. The molecule has 60 valence electrons. The molecule has 0 radical (unpaired) electrons. The third-order valence-corrected chi connectivity index (χ3v) is 1.96. The maximum atomic E-state index is 10.7. The highest BCUT2D eigenvalue weighted by Gasteiger charge is 2.23. The molecule has 1 aliphatic carbocycles. The van der Waals surface area contributed by atoms with E-state index in [4.69, 9.17) is 0 Å². The fraction of sp³-hybridized carbons (Fsp3) is 0.500. The van der Waals surface area contributed by atoms with Crippen molar-refractivity contribution in [1.82, 2.24) is 0 Å². The molecule has 1 nitrogen and oxygen atoms in total. The van der Waals surface area contributed by atoms with Crippen molar-refractivity contribution in [3.8, 4) is 0 Å². The van der Waals surface area contributed by atoms with Crippen molar-refractivity contribution in [3.63, 3.8) is 0 Å². The van der Waals surface area contributed by atoms with Crippen LogP contribution in [0.25, 0.3) is 0 Å². The van der Waals surface area contributed by atoms with E-state index >= 15 is 0 Å². The van der Waals surface area contributed by atoms with Crippen LogP contribution < -0.4 is 0 Å². The second-order valence-electron chi connectivity index (χ2n) is 3.68. The molecule has 0 aromatic heterocycles. The number of allylic oxidation sites excluding steroid dienone is 4. The number of aldehydes is 1. The van der Waals surface area contributed by atoms with Crippen molar-refractivity contribution in [2.24, 2.45) is 5.41 Å². The van der Waals surface area contributed by atoms with Crippen LogP contribution in [0.15, 0.2) is 23.3 Å². The topological polar surface area (TPSA) is 17.1 Å². The van der Waals surface area contributed by atoms with Crippen molar-refractivity contribution in [3.05, 3.63) is 23.3 Å². The molecule has 1 unspecified atom stereocenters. The van der Waals surface area contributed by atoms with E-state index in [2.05, 4.69) is 13.0 Å². The first-order valence-corrected chi connectivity index (χ1v) is 3.89. The van der Waals surface area contributed by atoms with Crippen molar-refractivity contribution >= 4 is 6.29 Å². The molecule has 0 heterocycles. The predicted molar refractivity (Wildman–Crippen MR) is 46.3 cm³/mol. The summed E-state index contributed by atoms with van der Waals surface area (Å²) in [5.74, 6) is 0. The minimum Gasteiger partial charge on any atom is -0.302 e. The zero-order chi connectivity index (χ0) is 8.48. The molecule has 0 aliphatic heterocycles. The average Bonchev–Trinajstić information content (AvgIpc) is 1.84. The standard InChI is InChI=1S/C10H14O/c1-8-4-9(2)6-10(3,5-8)7-11/h4-5,7H,6H2,1-3H3. The molecule has 11 heavy (non-hydrogen) atoms. The Bertz CT molecular complexity index is 235. The molecule has 1 rings (SSSR count). The van der Waals surface area contributed by atoms with Crippen LogP contribution in [-0.2, 0) is 4.79 Å². The lowest BCUT2D eigenvalue weighted by molar-refractivity contribution is -0.113. The Morgan fingerprint density at radius 1 is 1.55 bits per heavy atom. The van der Waals surface area contributed by atoms with Gasteiger partial charge in [-0.2, -0.15) is 0 Å². The number of rotatable bonds is 1. The van der Waals surface area contributed by atoms with Gasteiger partial charge in [-0.05, 0) is 27.2 Å². The summed E-state index contributed by atoms with van der Waals surface area (Å²) in [5, 5.41) is 0. The van der Waals surface area contributed by atoms with E-state index in [-0.39, 0.29) is 5.41 Å². The summed E-state index contributed by atoms with van der Waals surface area (Å²) in [5.41, 5.74) is 2.24. The van der Waals surface area contributed by atoms with E-state index in [1.807, 2.05) is 19.9 Å². The van der Waals surface area contributed by atoms with Gasteiger partial charge in [0.15, 0.2) is 0 Å². The minimum atomic E-state index is -0.247. The Morgan fingerprint density at radius 3 is 2.64 bits per heavy atom. The maximum absolute atomic E-state index is 10.7. The Labute approximate surface area is 67.8 Å². The Hall–Kier alpha value is -0.850. The Morgan fingerprint density at radius 2 is 2.18 bits per heavy atom. The molecule has 0 aromatic rings. The van der Waals surface area contributed by atoms with Gasteiger partial charge in [0.2, 0.25) is 0 Å². The Kier molecular flexibility index (Phi) is 1.99. The molecule has 0 saturated heterocycles. The van der Waals surface area contributed by atoms with Crippen molar-refractivity contribution in [2.75, 3.05) is 0 Å². The summed E-state index contributed by atoms with van der Waals surface area (Å²) in [6.45, 7) is 6.07. The smallest absolute Gasteiger partial charge is 0.129 e. The van der Waals surface area contributed by atoms with Crippen LogP contribution in [0.4, 0.5) is 0 Å². The molecular weight excluding hydrogens is 136 g/mol. The summed E-state index contributed by atoms with van der Waals surface area (Å²) in [6, 6.07) is 0. The highest BCUT2D eigenvalue weighted by molar-refractivity contribution is 5.64. The average molecular weight is 150 g/mol. The SMILES string of the molecule is CC1=CC(C)(C=O)CC(C)=C1. The largest absolute Gasteiger partial charge is 0.302 e. The first-order valence-electron chi connectivity index (χ1n) is 3.89. The minimum absolute atomic E-state index is 0.247. The molecule has 0 bridgehead atoms. The predicted octanol–water partition coefficient (Wildman–Crippen LogP) is 2.49. The first-order chi connectivity index (χ1) is 5.06. The maximum Gasteiger partial charge on any atom is 0.129 e. The van der Waals surface area contributed by atoms with E-state index < -0.39 is 0 Å². The van der Waals surface area contributed by atoms with Gasteiger partial charge in [-0.1, -0.05) is 23.3 Å². The van der Waals surface area contributed by atoms with Crippen LogP contribution in [0, 0.1) is 5.41 Å². The lowest BCUT2D eigenvalue weighted by Gasteiger charge is -2.23. The fourth-order valence-corrected chi connectivity index (χ4v) is 1.73. The second-order valence-corrected chi connectivity index (χ2v) is 3.68. The summed E-state index contributed by atoms with van der Waals surface area (Å²) < 4.78 is 0. The van der Waals surface area contributed by atoms with Gasteiger partial charge in [0.05, 0.1) is 0 Å². The van der Waals surface area contributed by atoms with Gasteiger partial charge in [0, 0.05) is 5.41 Å². The summed E-state index contributed by atoms with van der Waals surface area (Å²) in [4.78, 5) is 10.7. The molecular formula is C10H14O. The quantitative estimate of drug-likeness (QED) is 0.525. The lowest BCUT2D eigenvalue weighted by atomic mass is 9.80. The van der Waals surface area contributed by atoms with Gasteiger partial charge in [-0.15, -0.1) is 0 Å². The zero-order valence-corrected chi connectivity index (χ0v) is 7.35. The van der Waals surface area contributed by atoms with Crippen molar-refractivity contribution in [1.29, 1.82) is 0 Å². The molecule has 1 heteroatoms. The van der Waals surface area contributed by atoms with Crippen LogP contribution in [0.1, 0.15) is 27.2 Å². The highest BCUT2D eigenvalue weighted by Crippen LogP contribution is 2.31. The third kappa shape index (κ3) is 1.79. The van der Waals surface area contributed by atoms with Crippen LogP contribution in [-0.4, -0.2) is 6.29 Å². The van der Waals surface area contributed by atoms with E-state index in [1.165, 1.54) is 11.1 Å². The summed E-state index contributed by atoms with van der Waals surface area (Å²) >= 11 is 0. The zero-order valence-electron chi connectivity index (χ0n) is 7.35. The summed E-state index contributed by atoms with van der Waals surface area (Å²) in [7, 11) is 0. The molecule has 1 aliphatic rings. The van der Waals surface area contributed by atoms with E-state index in [0.29, 0.717) is 0 Å².